The molecule has 0 aliphatic carbocycles. The molecule has 0 saturated carbocycles. The highest BCUT2D eigenvalue weighted by atomic mass is 16.6. The molecular formula is C29H53NO5. The van der Waals surface area contributed by atoms with Crippen LogP contribution < -0.4 is 5.32 Å². The summed E-state index contributed by atoms with van der Waals surface area (Å²) >= 11 is 0. The Morgan fingerprint density at radius 2 is 1.51 bits per heavy atom. The molecule has 1 rings (SSSR count). The Hall–Kier alpha value is -1.59. The molecular weight excluding hydrogens is 442 g/mol. The molecule has 204 valence electrons. The number of carbonyl (C=O) groups is 3. The van der Waals surface area contributed by atoms with E-state index >= 15 is 0 Å². The zero-order chi connectivity index (χ0) is 25.9. The number of nitrogens with one attached hydrogen (secondary N) is 1. The van der Waals surface area contributed by atoms with Gasteiger partial charge >= 0.3 is 11.9 Å². The number of unbranched alkanes of at least 4 members (excludes halogenated alkanes) is 11. The Bertz CT molecular complexity index is 579. The lowest BCUT2D eigenvalue weighted by Crippen LogP contribution is -2.48. The van der Waals surface area contributed by atoms with Crippen molar-refractivity contribution < 1.29 is 23.9 Å². The van der Waals surface area contributed by atoms with E-state index in [0.717, 1.165) is 38.5 Å². The van der Waals surface area contributed by atoms with Crippen molar-refractivity contribution in [3.63, 3.8) is 0 Å². The lowest BCUT2D eigenvalue weighted by molar-refractivity contribution is -0.190. The van der Waals surface area contributed by atoms with E-state index in [0.29, 0.717) is 19.3 Å². The zero-order valence-corrected chi connectivity index (χ0v) is 23.0. The van der Waals surface area contributed by atoms with Crippen molar-refractivity contribution >= 4 is 18.3 Å². The standard InChI is InChI=1S/C29H53NO5/c1-5-7-9-11-13-14-16-18-24(34-29(33)26(30-22-31)20-23(3)4)21-27-25(28(32)35-27)19-17-15-12-10-8-6-2/h22-27H,5-21H2,1-4H3,(H,30,31)/t24?,25-,26-,27-/m0/s1. The van der Waals surface area contributed by atoms with Crippen LogP contribution in [-0.4, -0.2) is 36.6 Å². The van der Waals surface area contributed by atoms with Gasteiger partial charge in [0, 0.05) is 6.42 Å². The van der Waals surface area contributed by atoms with Crippen LogP contribution in [0.25, 0.3) is 0 Å². The summed E-state index contributed by atoms with van der Waals surface area (Å²) in [5.74, 6) is -0.298. The van der Waals surface area contributed by atoms with Gasteiger partial charge in [-0.25, -0.2) is 4.79 Å². The van der Waals surface area contributed by atoms with E-state index in [2.05, 4.69) is 19.2 Å². The van der Waals surface area contributed by atoms with E-state index in [9.17, 15) is 14.4 Å². The highest BCUT2D eigenvalue weighted by Crippen LogP contribution is 2.33. The van der Waals surface area contributed by atoms with Crippen LogP contribution in [0.3, 0.4) is 0 Å². The number of amides is 1. The second-order valence-electron chi connectivity index (χ2n) is 10.8. The molecule has 1 aliphatic heterocycles. The third-order valence-corrected chi connectivity index (χ3v) is 7.06. The fraction of sp³-hybridized carbons (Fsp3) is 0.897. The van der Waals surface area contributed by atoms with E-state index in [1.165, 1.54) is 57.8 Å². The molecule has 0 aromatic heterocycles. The van der Waals surface area contributed by atoms with E-state index < -0.39 is 6.04 Å². The number of cyclic esters (lactones) is 1. The lowest BCUT2D eigenvalue weighted by Gasteiger charge is -2.37. The summed E-state index contributed by atoms with van der Waals surface area (Å²) in [6.45, 7) is 8.47. The number of hydrogen-bond acceptors (Lipinski definition) is 5. The first-order chi connectivity index (χ1) is 16.9. The monoisotopic (exact) mass is 495 g/mol. The molecule has 0 aromatic carbocycles. The fourth-order valence-electron chi connectivity index (χ4n) is 4.90. The van der Waals surface area contributed by atoms with Gasteiger partial charge in [0.2, 0.25) is 6.41 Å². The Kier molecular flexibility index (Phi) is 17.6. The Morgan fingerprint density at radius 1 is 0.943 bits per heavy atom. The Morgan fingerprint density at radius 3 is 2.06 bits per heavy atom. The predicted molar refractivity (Wildman–Crippen MR) is 141 cm³/mol. The van der Waals surface area contributed by atoms with Crippen LogP contribution in [0, 0.1) is 11.8 Å². The average molecular weight is 496 g/mol. The third kappa shape index (κ3) is 13.9. The van der Waals surface area contributed by atoms with Crippen LogP contribution in [0.1, 0.15) is 137 Å². The van der Waals surface area contributed by atoms with Gasteiger partial charge in [-0.3, -0.25) is 9.59 Å². The van der Waals surface area contributed by atoms with Gasteiger partial charge in [0.15, 0.2) is 0 Å². The summed E-state index contributed by atoms with van der Waals surface area (Å²) in [6.07, 6.45) is 18.4. The Labute approximate surface area is 214 Å². The summed E-state index contributed by atoms with van der Waals surface area (Å²) in [7, 11) is 0. The van der Waals surface area contributed by atoms with Gasteiger partial charge in [-0.1, -0.05) is 105 Å². The molecule has 1 amide bonds. The van der Waals surface area contributed by atoms with Gasteiger partial charge in [-0.05, 0) is 31.6 Å². The van der Waals surface area contributed by atoms with Crippen molar-refractivity contribution in [2.75, 3.05) is 0 Å². The molecule has 1 heterocycles. The average Bonchev–Trinajstić information content (AvgIpc) is 2.81. The van der Waals surface area contributed by atoms with E-state index in [1.54, 1.807) is 0 Å². The molecule has 1 fully saturated rings. The van der Waals surface area contributed by atoms with Gasteiger partial charge < -0.3 is 14.8 Å². The van der Waals surface area contributed by atoms with Crippen LogP contribution in [0.2, 0.25) is 0 Å². The highest BCUT2D eigenvalue weighted by molar-refractivity contribution is 5.79. The van der Waals surface area contributed by atoms with E-state index in [4.69, 9.17) is 9.47 Å². The first-order valence-corrected chi connectivity index (χ1v) is 14.5. The summed E-state index contributed by atoms with van der Waals surface area (Å²) in [5.41, 5.74) is 0. The van der Waals surface area contributed by atoms with Gasteiger partial charge in [-0.15, -0.1) is 0 Å². The van der Waals surface area contributed by atoms with Crippen LogP contribution in [0.4, 0.5) is 0 Å². The van der Waals surface area contributed by atoms with Crippen molar-refractivity contribution in [3.05, 3.63) is 0 Å². The minimum atomic E-state index is -0.632. The van der Waals surface area contributed by atoms with Crippen LogP contribution >= 0.6 is 0 Å². The number of rotatable bonds is 23. The summed E-state index contributed by atoms with van der Waals surface area (Å²) < 4.78 is 11.4. The Balaban J connectivity index is 2.60. The van der Waals surface area contributed by atoms with E-state index in [-0.39, 0.29) is 36.0 Å². The number of hydrogen-bond donors (Lipinski definition) is 1. The van der Waals surface area contributed by atoms with Crippen LogP contribution in [-0.2, 0) is 23.9 Å². The first-order valence-electron chi connectivity index (χ1n) is 14.5. The second kappa shape index (κ2) is 19.6. The summed E-state index contributed by atoms with van der Waals surface area (Å²) in [4.78, 5) is 36.0. The minimum Gasteiger partial charge on any atom is -0.461 e. The maximum absolute atomic E-state index is 12.9. The van der Waals surface area contributed by atoms with Crippen molar-refractivity contribution in [1.29, 1.82) is 0 Å². The maximum atomic E-state index is 12.9. The topological polar surface area (TPSA) is 81.7 Å². The molecule has 1 aliphatic rings. The third-order valence-electron chi connectivity index (χ3n) is 7.06. The molecule has 4 atom stereocenters. The fourth-order valence-corrected chi connectivity index (χ4v) is 4.90. The highest BCUT2D eigenvalue weighted by Gasteiger charge is 2.43. The van der Waals surface area contributed by atoms with Crippen LogP contribution in [0.5, 0.6) is 0 Å². The molecule has 0 radical (unpaired) electrons. The molecule has 0 spiro atoms. The molecule has 0 aromatic rings. The van der Waals surface area contributed by atoms with Gasteiger partial charge in [0.25, 0.3) is 0 Å². The van der Waals surface area contributed by atoms with Crippen LogP contribution in [0.15, 0.2) is 0 Å². The molecule has 0 bridgehead atoms. The second-order valence-corrected chi connectivity index (χ2v) is 10.8. The van der Waals surface area contributed by atoms with Crippen molar-refractivity contribution in [3.8, 4) is 0 Å². The molecule has 1 saturated heterocycles. The van der Waals surface area contributed by atoms with Crippen molar-refractivity contribution in [2.45, 2.75) is 155 Å². The molecule has 35 heavy (non-hydrogen) atoms. The molecule has 1 N–H and O–H groups in total. The summed E-state index contributed by atoms with van der Waals surface area (Å²) in [6, 6.07) is -0.632. The first kappa shape index (κ1) is 31.4. The maximum Gasteiger partial charge on any atom is 0.328 e. The number of esters is 2. The van der Waals surface area contributed by atoms with Gasteiger partial charge in [0.1, 0.15) is 18.2 Å². The molecule has 1 unspecified atom stereocenters. The molecule has 6 nitrogen and oxygen atoms in total. The SMILES string of the molecule is CCCCCCCCCC(C[C@@H]1OC(=O)[C@H]1CCCCCCCC)OC(=O)[C@H](CC(C)C)NC=O. The number of carbonyl (C=O) groups excluding carboxylic acids is 3. The summed E-state index contributed by atoms with van der Waals surface area (Å²) in [5, 5.41) is 2.62. The quantitative estimate of drug-likeness (QED) is 0.0949. The smallest absolute Gasteiger partial charge is 0.328 e. The normalized spacial score (nSPS) is 19.1. The van der Waals surface area contributed by atoms with Crippen molar-refractivity contribution in [2.24, 2.45) is 11.8 Å². The molecule has 6 heteroatoms. The van der Waals surface area contributed by atoms with Crippen molar-refractivity contribution in [1.82, 2.24) is 5.32 Å². The number of ether oxygens (including phenoxy) is 2. The largest absolute Gasteiger partial charge is 0.461 e. The van der Waals surface area contributed by atoms with Gasteiger partial charge in [-0.2, -0.15) is 0 Å². The van der Waals surface area contributed by atoms with Gasteiger partial charge in [0.05, 0.1) is 5.92 Å². The lowest BCUT2D eigenvalue weighted by atomic mass is 9.86. The predicted octanol–water partition coefficient (Wildman–Crippen LogP) is 6.88. The minimum absolute atomic E-state index is 0.0732. The van der Waals surface area contributed by atoms with E-state index in [1.807, 2.05) is 13.8 Å². The zero-order valence-electron chi connectivity index (χ0n) is 23.0.